The van der Waals surface area contributed by atoms with Crippen molar-refractivity contribution in [3.05, 3.63) is 108 Å². The van der Waals surface area contributed by atoms with E-state index < -0.39 is 24.1 Å². The first-order valence-electron chi connectivity index (χ1n) is 13.2. The van der Waals surface area contributed by atoms with Crippen molar-refractivity contribution in [2.24, 2.45) is 0 Å². The smallest absolute Gasteiger partial charge is 0.329 e. The van der Waals surface area contributed by atoms with E-state index in [9.17, 15) is 9.59 Å². The summed E-state index contributed by atoms with van der Waals surface area (Å²) in [6.45, 7) is 2.21. The van der Waals surface area contributed by atoms with Crippen molar-refractivity contribution in [1.82, 2.24) is 5.32 Å². The first-order chi connectivity index (χ1) is 19.6. The van der Waals surface area contributed by atoms with E-state index in [-0.39, 0.29) is 6.61 Å². The number of amides is 1. The Balaban J connectivity index is 1.35. The maximum atomic E-state index is 11.4. The molecule has 40 heavy (non-hydrogen) atoms. The highest BCUT2D eigenvalue weighted by molar-refractivity contribution is 5.77. The summed E-state index contributed by atoms with van der Waals surface area (Å²) in [6.07, 6.45) is 0. The Morgan fingerprint density at radius 2 is 1.00 bits per heavy atom. The molecule has 0 aromatic heterocycles. The molecule has 3 aromatic rings. The number of hydrogen-bond donors (Lipinski definition) is 2. The molecule has 0 aliphatic heterocycles. The van der Waals surface area contributed by atoms with Gasteiger partial charge in [0.1, 0.15) is 18.8 Å². The summed E-state index contributed by atoms with van der Waals surface area (Å²) in [6, 6.07) is 30.6. The van der Waals surface area contributed by atoms with Gasteiger partial charge in [0, 0.05) is 6.54 Å². The average molecular weight is 552 g/mol. The summed E-state index contributed by atoms with van der Waals surface area (Å²) >= 11 is 0. The Morgan fingerprint density at radius 3 is 1.45 bits per heavy atom. The second-order valence-corrected chi connectivity index (χ2v) is 8.70. The van der Waals surface area contributed by atoms with Crippen LogP contribution in [0.25, 0.3) is 0 Å². The van der Waals surface area contributed by atoms with Crippen LogP contribution in [-0.2, 0) is 38.9 Å². The predicted octanol–water partition coefficient (Wildman–Crippen LogP) is 3.26. The van der Waals surface area contributed by atoms with Crippen LogP contribution in [0.15, 0.2) is 91.0 Å². The van der Waals surface area contributed by atoms with Crippen LogP contribution in [0.2, 0.25) is 0 Å². The summed E-state index contributed by atoms with van der Waals surface area (Å²) in [7, 11) is 0. The average Bonchev–Trinajstić information content (AvgIpc) is 2.99. The van der Waals surface area contributed by atoms with Gasteiger partial charge in [-0.2, -0.15) is 0 Å². The fourth-order valence-corrected chi connectivity index (χ4v) is 4.11. The summed E-state index contributed by atoms with van der Waals surface area (Å²) in [5.74, 6) is -1.51. The number of aliphatic carboxylic acids is 1. The number of ether oxygens (including phenoxy) is 5. The molecular formula is C31H37NO8. The van der Waals surface area contributed by atoms with Gasteiger partial charge in [-0.1, -0.05) is 91.0 Å². The van der Waals surface area contributed by atoms with Crippen molar-refractivity contribution in [2.75, 3.05) is 66.0 Å². The van der Waals surface area contributed by atoms with Crippen LogP contribution in [0.5, 0.6) is 0 Å². The SMILES string of the molecule is O=C(O)COCC(=O)NCCOCCOCCOCCOC(c1ccccc1)(c1ccccc1)c1ccccc1. The standard InChI is InChI=1S/C31H37NO8/c33-29(24-39-25-30(34)35)32-16-17-36-18-19-37-20-21-38-22-23-40-31(26-10-4-1-5-11-26,27-12-6-2-7-13-27)28-14-8-3-9-15-28/h1-15H,16-25H2,(H,32,33)(H,34,35). The van der Waals surface area contributed by atoms with Crippen LogP contribution < -0.4 is 5.32 Å². The summed E-state index contributed by atoms with van der Waals surface area (Å²) in [5.41, 5.74) is 2.36. The van der Waals surface area contributed by atoms with Crippen molar-refractivity contribution in [3.8, 4) is 0 Å². The minimum Gasteiger partial charge on any atom is -0.480 e. The van der Waals surface area contributed by atoms with Gasteiger partial charge in [0.15, 0.2) is 0 Å². The molecule has 0 fully saturated rings. The van der Waals surface area contributed by atoms with Crippen LogP contribution in [0.3, 0.4) is 0 Å². The molecule has 0 aliphatic rings. The first-order valence-corrected chi connectivity index (χ1v) is 13.2. The topological polar surface area (TPSA) is 113 Å². The minimum atomic E-state index is -1.12. The molecule has 0 unspecified atom stereocenters. The van der Waals surface area contributed by atoms with E-state index in [2.05, 4.69) is 41.7 Å². The highest BCUT2D eigenvalue weighted by Crippen LogP contribution is 2.40. The fraction of sp³-hybridized carbons (Fsp3) is 0.355. The zero-order chi connectivity index (χ0) is 28.3. The molecule has 3 aromatic carbocycles. The van der Waals surface area contributed by atoms with Crippen LogP contribution in [0, 0.1) is 0 Å². The van der Waals surface area contributed by atoms with Gasteiger partial charge in [0.05, 0.1) is 46.2 Å². The highest BCUT2D eigenvalue weighted by Gasteiger charge is 2.37. The van der Waals surface area contributed by atoms with E-state index >= 15 is 0 Å². The summed E-state index contributed by atoms with van der Waals surface area (Å²) in [4.78, 5) is 21.8. The van der Waals surface area contributed by atoms with E-state index in [1.807, 2.05) is 54.6 Å². The minimum absolute atomic E-state index is 0.299. The largest absolute Gasteiger partial charge is 0.480 e. The summed E-state index contributed by atoms with van der Waals surface area (Å²) in [5, 5.41) is 11.0. The van der Waals surface area contributed by atoms with Crippen molar-refractivity contribution in [1.29, 1.82) is 0 Å². The Bertz CT molecular complexity index is 1020. The Kier molecular flexibility index (Phi) is 13.8. The van der Waals surface area contributed by atoms with Crippen molar-refractivity contribution < 1.29 is 38.4 Å². The number of benzene rings is 3. The van der Waals surface area contributed by atoms with Gasteiger partial charge in [-0.3, -0.25) is 4.79 Å². The lowest BCUT2D eigenvalue weighted by Gasteiger charge is -2.36. The van der Waals surface area contributed by atoms with Gasteiger partial charge in [-0.15, -0.1) is 0 Å². The van der Waals surface area contributed by atoms with E-state index in [0.29, 0.717) is 52.8 Å². The zero-order valence-electron chi connectivity index (χ0n) is 22.5. The number of carboxylic acid groups (broad SMARTS) is 1. The molecule has 0 heterocycles. The molecule has 0 saturated carbocycles. The second-order valence-electron chi connectivity index (χ2n) is 8.70. The number of hydrogen-bond acceptors (Lipinski definition) is 7. The van der Waals surface area contributed by atoms with Crippen molar-refractivity contribution in [3.63, 3.8) is 0 Å². The Hall–Kier alpha value is -3.60. The third-order valence-corrected chi connectivity index (χ3v) is 5.86. The lowest BCUT2D eigenvalue weighted by molar-refractivity contribution is -0.143. The molecule has 0 saturated heterocycles. The molecule has 2 N–H and O–H groups in total. The van der Waals surface area contributed by atoms with Gasteiger partial charge in [0.25, 0.3) is 0 Å². The van der Waals surface area contributed by atoms with E-state index in [1.54, 1.807) is 0 Å². The third-order valence-electron chi connectivity index (χ3n) is 5.86. The van der Waals surface area contributed by atoms with E-state index in [0.717, 1.165) is 16.7 Å². The molecule has 0 atom stereocenters. The third kappa shape index (κ3) is 10.2. The number of rotatable bonds is 20. The van der Waals surface area contributed by atoms with E-state index in [1.165, 1.54) is 0 Å². The predicted molar refractivity (Wildman–Crippen MR) is 149 cm³/mol. The molecular weight excluding hydrogens is 514 g/mol. The lowest BCUT2D eigenvalue weighted by atomic mass is 9.80. The molecule has 9 heteroatoms. The monoisotopic (exact) mass is 551 g/mol. The van der Waals surface area contributed by atoms with Gasteiger partial charge >= 0.3 is 5.97 Å². The molecule has 9 nitrogen and oxygen atoms in total. The zero-order valence-corrected chi connectivity index (χ0v) is 22.5. The molecule has 0 aliphatic carbocycles. The van der Waals surface area contributed by atoms with Gasteiger partial charge in [0.2, 0.25) is 5.91 Å². The maximum absolute atomic E-state index is 11.4. The van der Waals surface area contributed by atoms with Gasteiger partial charge in [-0.05, 0) is 16.7 Å². The van der Waals surface area contributed by atoms with Gasteiger partial charge in [-0.25, -0.2) is 4.79 Å². The number of carbonyl (C=O) groups excluding carboxylic acids is 1. The van der Waals surface area contributed by atoms with Crippen molar-refractivity contribution in [2.45, 2.75) is 5.60 Å². The Labute approximate surface area is 235 Å². The van der Waals surface area contributed by atoms with Crippen LogP contribution in [-0.4, -0.2) is 83.0 Å². The molecule has 0 radical (unpaired) electrons. The molecule has 214 valence electrons. The normalized spacial score (nSPS) is 11.3. The highest BCUT2D eigenvalue weighted by atomic mass is 16.6. The fourth-order valence-electron chi connectivity index (χ4n) is 4.11. The molecule has 0 spiro atoms. The lowest BCUT2D eigenvalue weighted by Crippen LogP contribution is -2.34. The van der Waals surface area contributed by atoms with Gasteiger partial charge < -0.3 is 34.1 Å². The molecule has 3 rings (SSSR count). The van der Waals surface area contributed by atoms with Crippen molar-refractivity contribution >= 4 is 11.9 Å². The maximum Gasteiger partial charge on any atom is 0.329 e. The second kappa shape index (κ2) is 17.9. The quantitative estimate of drug-likeness (QED) is 0.163. The Morgan fingerprint density at radius 1 is 0.575 bits per heavy atom. The van der Waals surface area contributed by atoms with Crippen LogP contribution >= 0.6 is 0 Å². The molecule has 0 bridgehead atoms. The number of carbonyl (C=O) groups is 2. The number of nitrogens with one attached hydrogen (secondary N) is 1. The summed E-state index contributed by atoms with van der Waals surface area (Å²) < 4.78 is 28.1. The number of carboxylic acids is 1. The molecule has 1 amide bonds. The van der Waals surface area contributed by atoms with E-state index in [4.69, 9.17) is 28.8 Å². The van der Waals surface area contributed by atoms with Crippen LogP contribution in [0.1, 0.15) is 16.7 Å². The first kappa shape index (κ1) is 30.9. The van der Waals surface area contributed by atoms with Crippen LogP contribution in [0.4, 0.5) is 0 Å².